The number of likely N-dealkylation sites (tertiary alicyclic amines) is 1. The van der Waals surface area contributed by atoms with E-state index in [1.807, 2.05) is 36.4 Å². The molecule has 3 atom stereocenters. The lowest BCUT2D eigenvalue weighted by Crippen LogP contribution is -2.36. The van der Waals surface area contributed by atoms with Crippen LogP contribution in [0.2, 0.25) is 0 Å². The minimum atomic E-state index is -4.81. The van der Waals surface area contributed by atoms with Gasteiger partial charge in [0.15, 0.2) is 6.10 Å². The normalized spacial score (nSPS) is 22.3. The van der Waals surface area contributed by atoms with E-state index in [2.05, 4.69) is 4.74 Å². The van der Waals surface area contributed by atoms with Crippen LogP contribution in [-0.4, -0.2) is 29.2 Å². The number of hydrogen-bond donors (Lipinski definition) is 0. The smallest absolute Gasteiger partial charge is 0.406 e. The van der Waals surface area contributed by atoms with Gasteiger partial charge in [-0.25, -0.2) is 5.06 Å². The van der Waals surface area contributed by atoms with E-state index in [1.54, 1.807) is 24.3 Å². The van der Waals surface area contributed by atoms with E-state index in [-0.39, 0.29) is 12.3 Å². The molecule has 2 saturated heterocycles. The fraction of sp³-hybridized carbons (Fsp3) is 0.200. The first-order valence-electron chi connectivity index (χ1n) is 10.6. The summed E-state index contributed by atoms with van der Waals surface area (Å²) in [6.45, 7) is 0.116. The summed E-state index contributed by atoms with van der Waals surface area (Å²) in [5.41, 5.74) is 1.94. The van der Waals surface area contributed by atoms with Crippen molar-refractivity contribution in [3.63, 3.8) is 0 Å². The molecule has 0 radical (unpaired) electrons. The number of alkyl halides is 3. The number of nitrogens with zero attached hydrogens (tertiary/aromatic N) is 2. The third kappa shape index (κ3) is 4.10. The van der Waals surface area contributed by atoms with Crippen molar-refractivity contribution in [1.29, 1.82) is 0 Å². The number of halogens is 3. The summed E-state index contributed by atoms with van der Waals surface area (Å²) >= 11 is 0. The molecule has 0 aliphatic carbocycles. The van der Waals surface area contributed by atoms with E-state index < -0.39 is 36.2 Å². The van der Waals surface area contributed by atoms with Crippen molar-refractivity contribution >= 4 is 17.5 Å². The Morgan fingerprint density at radius 3 is 2.06 bits per heavy atom. The largest absolute Gasteiger partial charge is 0.573 e. The summed E-state index contributed by atoms with van der Waals surface area (Å²) in [5, 5.41) is 1.49. The molecule has 174 valence electrons. The summed E-state index contributed by atoms with van der Waals surface area (Å²) in [4.78, 5) is 33.8. The molecule has 34 heavy (non-hydrogen) atoms. The zero-order chi connectivity index (χ0) is 23.9. The van der Waals surface area contributed by atoms with Gasteiger partial charge in [-0.05, 0) is 35.4 Å². The Labute approximate surface area is 193 Å². The molecular weight excluding hydrogens is 449 g/mol. The van der Waals surface area contributed by atoms with Crippen LogP contribution in [0.3, 0.4) is 0 Å². The molecule has 2 fully saturated rings. The van der Waals surface area contributed by atoms with Gasteiger partial charge in [-0.3, -0.25) is 19.3 Å². The lowest BCUT2D eigenvalue weighted by atomic mass is 9.90. The standard InChI is InChI=1S/C25H19F3N2O4/c26-25(27,28)33-19-13-11-17(12-14-19)21-20-22(34-30(21)18-9-5-2-6-10-18)24(32)29(23(20)31)15-16-7-3-1-4-8-16/h1-14,20-22H,15H2/t20-,21+,22+/m0/s1. The predicted molar refractivity (Wildman–Crippen MR) is 115 cm³/mol. The third-order valence-corrected chi connectivity index (χ3v) is 5.86. The Hall–Kier alpha value is -3.85. The number of ether oxygens (including phenoxy) is 1. The van der Waals surface area contributed by atoms with Gasteiger partial charge in [-0.1, -0.05) is 60.7 Å². The maximum atomic E-state index is 13.4. The van der Waals surface area contributed by atoms with Crippen molar-refractivity contribution in [2.75, 3.05) is 5.06 Å². The van der Waals surface area contributed by atoms with Crippen molar-refractivity contribution in [3.05, 3.63) is 96.1 Å². The number of hydroxylamine groups is 1. The highest BCUT2D eigenvalue weighted by molar-refractivity contribution is 6.07. The maximum Gasteiger partial charge on any atom is 0.573 e. The lowest BCUT2D eigenvalue weighted by molar-refractivity contribution is -0.274. The van der Waals surface area contributed by atoms with E-state index in [9.17, 15) is 22.8 Å². The van der Waals surface area contributed by atoms with Crippen LogP contribution in [0.5, 0.6) is 5.75 Å². The van der Waals surface area contributed by atoms with E-state index in [4.69, 9.17) is 4.84 Å². The second kappa shape index (κ2) is 8.49. The van der Waals surface area contributed by atoms with Crippen molar-refractivity contribution in [3.8, 4) is 5.75 Å². The molecule has 2 aliphatic heterocycles. The minimum absolute atomic E-state index is 0.116. The van der Waals surface area contributed by atoms with Crippen molar-refractivity contribution in [1.82, 2.24) is 4.90 Å². The first-order chi connectivity index (χ1) is 16.3. The number of anilines is 1. The Morgan fingerprint density at radius 1 is 0.824 bits per heavy atom. The topological polar surface area (TPSA) is 59.1 Å². The molecule has 2 heterocycles. The van der Waals surface area contributed by atoms with Crippen LogP contribution in [0.4, 0.5) is 18.9 Å². The van der Waals surface area contributed by atoms with Gasteiger partial charge in [0.25, 0.3) is 5.91 Å². The zero-order valence-electron chi connectivity index (χ0n) is 17.7. The zero-order valence-corrected chi connectivity index (χ0v) is 17.7. The predicted octanol–water partition coefficient (Wildman–Crippen LogP) is 4.63. The molecule has 2 aliphatic rings. The number of carbonyl (C=O) groups excluding carboxylic acids is 2. The molecule has 0 unspecified atom stereocenters. The number of carbonyl (C=O) groups is 2. The third-order valence-electron chi connectivity index (χ3n) is 5.86. The van der Waals surface area contributed by atoms with Gasteiger partial charge >= 0.3 is 6.36 Å². The highest BCUT2D eigenvalue weighted by atomic mass is 19.4. The second-order valence-electron chi connectivity index (χ2n) is 8.02. The van der Waals surface area contributed by atoms with Crippen LogP contribution in [-0.2, 0) is 21.0 Å². The first-order valence-corrected chi connectivity index (χ1v) is 10.6. The summed E-state index contributed by atoms with van der Waals surface area (Å²) in [6.07, 6.45) is -5.85. The first kappa shape index (κ1) is 22.0. The summed E-state index contributed by atoms with van der Waals surface area (Å²) in [7, 11) is 0. The van der Waals surface area contributed by atoms with Gasteiger partial charge in [-0.2, -0.15) is 0 Å². The van der Waals surface area contributed by atoms with Crippen LogP contribution >= 0.6 is 0 Å². The Balaban J connectivity index is 1.49. The molecular formula is C25H19F3N2O4. The summed E-state index contributed by atoms with van der Waals surface area (Å²) in [6, 6.07) is 22.6. The molecule has 5 rings (SSSR count). The van der Waals surface area contributed by atoms with Crippen molar-refractivity contribution < 1.29 is 32.3 Å². The quantitative estimate of drug-likeness (QED) is 0.511. The monoisotopic (exact) mass is 468 g/mol. The van der Waals surface area contributed by atoms with Gasteiger partial charge < -0.3 is 4.74 Å². The van der Waals surface area contributed by atoms with Crippen LogP contribution in [0.1, 0.15) is 17.2 Å². The Bertz CT molecular complexity index is 1190. The fourth-order valence-corrected chi connectivity index (χ4v) is 4.40. The van der Waals surface area contributed by atoms with Gasteiger partial charge in [-0.15, -0.1) is 13.2 Å². The van der Waals surface area contributed by atoms with Gasteiger partial charge in [0, 0.05) is 0 Å². The number of hydrogen-bond acceptors (Lipinski definition) is 5. The second-order valence-corrected chi connectivity index (χ2v) is 8.02. The van der Waals surface area contributed by atoms with Crippen molar-refractivity contribution in [2.24, 2.45) is 5.92 Å². The number of imide groups is 1. The fourth-order valence-electron chi connectivity index (χ4n) is 4.40. The molecule has 0 N–H and O–H groups in total. The molecule has 0 bridgehead atoms. The average Bonchev–Trinajstić information content (AvgIpc) is 3.32. The van der Waals surface area contributed by atoms with E-state index in [0.717, 1.165) is 5.56 Å². The number of para-hydroxylation sites is 1. The molecule has 6 nitrogen and oxygen atoms in total. The minimum Gasteiger partial charge on any atom is -0.406 e. The SMILES string of the molecule is O=C1[C@H]2[C@@H](c3ccc(OC(F)(F)F)cc3)N(c3ccccc3)O[C@H]2C(=O)N1Cc1ccccc1. The van der Waals surface area contributed by atoms with Gasteiger partial charge in [0.2, 0.25) is 5.91 Å². The van der Waals surface area contributed by atoms with Crippen molar-refractivity contribution in [2.45, 2.75) is 25.1 Å². The lowest BCUT2D eigenvalue weighted by Gasteiger charge is -2.29. The van der Waals surface area contributed by atoms with E-state index in [1.165, 1.54) is 34.2 Å². The molecule has 0 aromatic heterocycles. The molecule has 2 amide bonds. The van der Waals surface area contributed by atoms with Crippen LogP contribution in [0.15, 0.2) is 84.9 Å². The molecule has 9 heteroatoms. The number of benzene rings is 3. The molecule has 0 spiro atoms. The number of fused-ring (bicyclic) bond motifs is 1. The summed E-state index contributed by atoms with van der Waals surface area (Å²) < 4.78 is 41.7. The van der Waals surface area contributed by atoms with E-state index in [0.29, 0.717) is 11.3 Å². The number of amides is 2. The Kier molecular flexibility index (Phi) is 5.49. The molecule has 3 aromatic carbocycles. The van der Waals surface area contributed by atoms with Gasteiger partial charge in [0.1, 0.15) is 11.7 Å². The van der Waals surface area contributed by atoms with Crippen LogP contribution in [0, 0.1) is 5.92 Å². The van der Waals surface area contributed by atoms with Gasteiger partial charge in [0.05, 0.1) is 18.3 Å². The van der Waals surface area contributed by atoms with Crippen LogP contribution < -0.4 is 9.80 Å². The van der Waals surface area contributed by atoms with E-state index >= 15 is 0 Å². The number of rotatable bonds is 5. The van der Waals surface area contributed by atoms with Crippen LogP contribution in [0.25, 0.3) is 0 Å². The highest BCUT2D eigenvalue weighted by Gasteiger charge is 2.59. The molecule has 3 aromatic rings. The summed E-state index contributed by atoms with van der Waals surface area (Å²) in [5.74, 6) is -2.07. The molecule has 0 saturated carbocycles. The maximum absolute atomic E-state index is 13.4. The highest BCUT2D eigenvalue weighted by Crippen LogP contribution is 2.47. The average molecular weight is 468 g/mol. The Morgan fingerprint density at radius 2 is 1.44 bits per heavy atom.